The van der Waals surface area contributed by atoms with Gasteiger partial charge in [-0.05, 0) is 42.5 Å². The maximum atomic E-state index is 13.2. The number of nitrogens with zero attached hydrogens (tertiary/aromatic N) is 1. The summed E-state index contributed by atoms with van der Waals surface area (Å²) in [6.07, 6.45) is 2.02. The minimum absolute atomic E-state index is 0.0538. The number of thiophene rings is 1. The van der Waals surface area contributed by atoms with Crippen LogP contribution in [-0.4, -0.2) is 30.1 Å². The Morgan fingerprint density at radius 3 is 2.96 bits per heavy atom. The number of carbonyl (C=O) groups excluding carboxylic acids is 1. The Morgan fingerprint density at radius 2 is 2.30 bits per heavy atom. The SMILES string of the molecule is O=C(c1ccc(F)cc1Cl)N(Cc1cccs1)CC1CCCO1. The van der Waals surface area contributed by atoms with Crippen LogP contribution in [0.25, 0.3) is 0 Å². The van der Waals surface area contributed by atoms with Gasteiger partial charge >= 0.3 is 0 Å². The molecule has 23 heavy (non-hydrogen) atoms. The topological polar surface area (TPSA) is 29.5 Å². The summed E-state index contributed by atoms with van der Waals surface area (Å²) in [6.45, 7) is 1.76. The summed E-state index contributed by atoms with van der Waals surface area (Å²) >= 11 is 7.65. The van der Waals surface area contributed by atoms with E-state index in [4.69, 9.17) is 16.3 Å². The molecule has 1 aromatic carbocycles. The van der Waals surface area contributed by atoms with E-state index in [2.05, 4.69) is 0 Å². The maximum Gasteiger partial charge on any atom is 0.255 e. The molecule has 2 heterocycles. The van der Waals surface area contributed by atoms with Gasteiger partial charge in [0.05, 0.1) is 23.2 Å². The van der Waals surface area contributed by atoms with Crippen molar-refractivity contribution in [1.82, 2.24) is 4.90 Å². The van der Waals surface area contributed by atoms with Gasteiger partial charge in [0, 0.05) is 18.0 Å². The third-order valence-electron chi connectivity index (χ3n) is 3.82. The lowest BCUT2D eigenvalue weighted by atomic mass is 10.1. The van der Waals surface area contributed by atoms with Crippen LogP contribution in [0.4, 0.5) is 4.39 Å². The highest BCUT2D eigenvalue weighted by atomic mass is 35.5. The molecule has 1 atom stereocenters. The lowest BCUT2D eigenvalue weighted by Crippen LogP contribution is -2.36. The molecule has 3 nitrogen and oxygen atoms in total. The highest BCUT2D eigenvalue weighted by Gasteiger charge is 2.25. The van der Waals surface area contributed by atoms with Gasteiger partial charge < -0.3 is 9.64 Å². The molecule has 1 aliphatic heterocycles. The predicted molar refractivity (Wildman–Crippen MR) is 89.4 cm³/mol. The van der Waals surface area contributed by atoms with Crippen molar-refractivity contribution in [3.8, 4) is 0 Å². The molecule has 0 N–H and O–H groups in total. The van der Waals surface area contributed by atoms with Gasteiger partial charge in [-0.2, -0.15) is 0 Å². The molecule has 1 amide bonds. The molecular weight excluding hydrogens is 337 g/mol. The molecule has 1 fully saturated rings. The van der Waals surface area contributed by atoms with Crippen LogP contribution in [0.1, 0.15) is 28.1 Å². The molecule has 0 spiro atoms. The van der Waals surface area contributed by atoms with E-state index in [0.717, 1.165) is 24.3 Å². The Bertz CT molecular complexity index is 671. The van der Waals surface area contributed by atoms with E-state index >= 15 is 0 Å². The number of benzene rings is 1. The number of halogens is 2. The molecule has 0 bridgehead atoms. The fraction of sp³-hybridized carbons (Fsp3) is 0.353. The first-order valence-corrected chi connectivity index (χ1v) is 8.77. The lowest BCUT2D eigenvalue weighted by Gasteiger charge is -2.25. The van der Waals surface area contributed by atoms with E-state index in [1.54, 1.807) is 16.2 Å². The van der Waals surface area contributed by atoms with Crippen molar-refractivity contribution in [2.24, 2.45) is 0 Å². The summed E-state index contributed by atoms with van der Waals surface area (Å²) in [6, 6.07) is 7.82. The Kier molecular flexibility index (Phi) is 5.30. The zero-order chi connectivity index (χ0) is 16.2. The van der Waals surface area contributed by atoms with E-state index in [1.165, 1.54) is 18.2 Å². The van der Waals surface area contributed by atoms with Crippen LogP contribution in [0.2, 0.25) is 5.02 Å². The van der Waals surface area contributed by atoms with E-state index in [9.17, 15) is 9.18 Å². The summed E-state index contributed by atoms with van der Waals surface area (Å²) in [7, 11) is 0. The monoisotopic (exact) mass is 353 g/mol. The molecule has 1 aromatic heterocycles. The average Bonchev–Trinajstić information content (AvgIpc) is 3.19. The fourth-order valence-corrected chi connectivity index (χ4v) is 3.64. The summed E-state index contributed by atoms with van der Waals surface area (Å²) in [4.78, 5) is 15.7. The smallest absolute Gasteiger partial charge is 0.255 e. The van der Waals surface area contributed by atoms with Gasteiger partial charge in [0.15, 0.2) is 0 Å². The average molecular weight is 354 g/mol. The van der Waals surface area contributed by atoms with Gasteiger partial charge in [0.25, 0.3) is 5.91 Å². The summed E-state index contributed by atoms with van der Waals surface area (Å²) in [5.41, 5.74) is 0.322. The van der Waals surface area contributed by atoms with E-state index < -0.39 is 5.82 Å². The third-order valence-corrected chi connectivity index (χ3v) is 5.00. The number of hydrogen-bond acceptors (Lipinski definition) is 3. The van der Waals surface area contributed by atoms with Crippen LogP contribution in [0.15, 0.2) is 35.7 Å². The van der Waals surface area contributed by atoms with E-state index in [1.807, 2.05) is 17.5 Å². The second-order valence-corrected chi connectivity index (χ2v) is 6.96. The van der Waals surface area contributed by atoms with Crippen molar-refractivity contribution in [2.45, 2.75) is 25.5 Å². The summed E-state index contributed by atoms with van der Waals surface area (Å²) < 4.78 is 18.9. The van der Waals surface area contributed by atoms with Crippen molar-refractivity contribution in [3.63, 3.8) is 0 Å². The minimum Gasteiger partial charge on any atom is -0.376 e. The molecule has 6 heteroatoms. The quantitative estimate of drug-likeness (QED) is 0.799. The first-order valence-electron chi connectivity index (χ1n) is 7.52. The van der Waals surface area contributed by atoms with Gasteiger partial charge in [-0.3, -0.25) is 4.79 Å². The van der Waals surface area contributed by atoms with Crippen molar-refractivity contribution < 1.29 is 13.9 Å². The van der Waals surface area contributed by atoms with Crippen LogP contribution < -0.4 is 0 Å². The highest BCUT2D eigenvalue weighted by Crippen LogP contribution is 2.23. The second-order valence-electron chi connectivity index (χ2n) is 5.52. The number of ether oxygens (including phenoxy) is 1. The van der Waals surface area contributed by atoms with Gasteiger partial charge in [-0.25, -0.2) is 4.39 Å². The molecule has 0 aliphatic carbocycles. The predicted octanol–water partition coefficient (Wildman–Crippen LogP) is 4.36. The Balaban J connectivity index is 1.81. The van der Waals surface area contributed by atoms with Crippen LogP contribution in [0.3, 0.4) is 0 Å². The largest absolute Gasteiger partial charge is 0.376 e. The number of hydrogen-bond donors (Lipinski definition) is 0. The van der Waals surface area contributed by atoms with Crippen LogP contribution in [-0.2, 0) is 11.3 Å². The molecule has 0 saturated carbocycles. The molecule has 0 radical (unpaired) electrons. The standard InChI is InChI=1S/C17H17ClFNO2S/c18-16-9-12(19)5-6-15(16)17(21)20(10-13-3-1-7-22-13)11-14-4-2-8-23-14/h2,4-6,8-9,13H,1,3,7,10-11H2. The molecule has 1 saturated heterocycles. The molecule has 1 unspecified atom stereocenters. The maximum absolute atomic E-state index is 13.2. The van der Waals surface area contributed by atoms with Crippen LogP contribution >= 0.6 is 22.9 Å². The molecule has 122 valence electrons. The fourth-order valence-electron chi connectivity index (χ4n) is 2.68. The van der Waals surface area contributed by atoms with Crippen molar-refractivity contribution in [2.75, 3.05) is 13.2 Å². The van der Waals surface area contributed by atoms with Gasteiger partial charge in [0.2, 0.25) is 0 Å². The lowest BCUT2D eigenvalue weighted by molar-refractivity contribution is 0.0509. The van der Waals surface area contributed by atoms with Gasteiger partial charge in [-0.15, -0.1) is 11.3 Å². The van der Waals surface area contributed by atoms with Crippen molar-refractivity contribution in [3.05, 3.63) is 57.0 Å². The number of amides is 1. The Labute approximate surface area is 143 Å². The molecular formula is C17H17ClFNO2S. The summed E-state index contributed by atoms with van der Waals surface area (Å²) in [5, 5.41) is 2.12. The molecule has 1 aliphatic rings. The minimum atomic E-state index is -0.449. The van der Waals surface area contributed by atoms with E-state index in [0.29, 0.717) is 18.7 Å². The van der Waals surface area contributed by atoms with Crippen molar-refractivity contribution >= 4 is 28.8 Å². The van der Waals surface area contributed by atoms with E-state index in [-0.39, 0.29) is 17.0 Å². The zero-order valence-corrected chi connectivity index (χ0v) is 14.1. The third kappa shape index (κ3) is 4.10. The van der Waals surface area contributed by atoms with Crippen molar-refractivity contribution in [1.29, 1.82) is 0 Å². The van der Waals surface area contributed by atoms with Gasteiger partial charge in [0.1, 0.15) is 5.82 Å². The normalized spacial score (nSPS) is 17.4. The Morgan fingerprint density at radius 1 is 1.43 bits per heavy atom. The highest BCUT2D eigenvalue weighted by molar-refractivity contribution is 7.09. The first-order chi connectivity index (χ1) is 11.1. The molecule has 3 rings (SSSR count). The van der Waals surface area contributed by atoms with Gasteiger partial charge in [-0.1, -0.05) is 17.7 Å². The number of carbonyl (C=O) groups is 1. The van der Waals surface area contributed by atoms with Crippen LogP contribution in [0.5, 0.6) is 0 Å². The first kappa shape index (κ1) is 16.4. The Hall–Kier alpha value is -1.43. The molecule has 2 aromatic rings. The second kappa shape index (κ2) is 7.43. The number of rotatable bonds is 5. The summed E-state index contributed by atoms with van der Waals surface area (Å²) in [5.74, 6) is -0.644. The zero-order valence-electron chi connectivity index (χ0n) is 12.5. The van der Waals surface area contributed by atoms with Crippen LogP contribution in [0, 0.1) is 5.82 Å².